The second-order valence-corrected chi connectivity index (χ2v) is 9.96. The van der Waals surface area contributed by atoms with Crippen LogP contribution < -0.4 is 26.0 Å². The molecule has 0 bridgehead atoms. The predicted octanol–water partition coefficient (Wildman–Crippen LogP) is 2.41. The molecule has 9 nitrogen and oxygen atoms in total. The van der Waals surface area contributed by atoms with E-state index in [1.165, 1.54) is 30.1 Å². The molecule has 10 heteroatoms. The minimum Gasteiger partial charge on any atom is -0.497 e. The fraction of sp³-hybridized carbons (Fsp3) is 0.480. The summed E-state index contributed by atoms with van der Waals surface area (Å²) in [7, 11) is 3.01. The van der Waals surface area contributed by atoms with Gasteiger partial charge in [0.05, 0.1) is 31.4 Å². The molecule has 1 N–H and O–H groups in total. The summed E-state index contributed by atoms with van der Waals surface area (Å²) in [5, 5.41) is 3.41. The van der Waals surface area contributed by atoms with Gasteiger partial charge in [0, 0.05) is 24.1 Å². The SMILES string of the molecule is COc1ccc(-n2c(=O)c3c4c(sc3n(CC(=O)NC[C@H]3CCCO3)c2=O)CCCC4)c(OC)c1. The van der Waals surface area contributed by atoms with Crippen LogP contribution in [0.2, 0.25) is 0 Å². The molecule has 1 amide bonds. The third-order valence-corrected chi connectivity index (χ3v) is 8.03. The van der Waals surface area contributed by atoms with E-state index in [9.17, 15) is 14.4 Å². The Balaban J connectivity index is 1.65. The zero-order valence-electron chi connectivity index (χ0n) is 19.9. The Hall–Kier alpha value is -3.11. The van der Waals surface area contributed by atoms with E-state index in [1.54, 1.807) is 18.2 Å². The van der Waals surface area contributed by atoms with Gasteiger partial charge in [-0.15, -0.1) is 11.3 Å². The largest absolute Gasteiger partial charge is 0.497 e. The van der Waals surface area contributed by atoms with Crippen LogP contribution in [0, 0.1) is 0 Å². The van der Waals surface area contributed by atoms with Crippen molar-refractivity contribution in [2.75, 3.05) is 27.4 Å². The topological polar surface area (TPSA) is 101 Å². The highest BCUT2D eigenvalue weighted by Crippen LogP contribution is 2.35. The van der Waals surface area contributed by atoms with Gasteiger partial charge in [-0.2, -0.15) is 0 Å². The van der Waals surface area contributed by atoms with Crippen LogP contribution in [-0.2, 0) is 28.9 Å². The summed E-state index contributed by atoms with van der Waals surface area (Å²) in [6, 6.07) is 4.94. The van der Waals surface area contributed by atoms with E-state index >= 15 is 0 Å². The first-order valence-corrected chi connectivity index (χ1v) is 12.7. The van der Waals surface area contributed by atoms with Gasteiger partial charge >= 0.3 is 5.69 Å². The molecule has 35 heavy (non-hydrogen) atoms. The van der Waals surface area contributed by atoms with Crippen LogP contribution in [0.5, 0.6) is 11.5 Å². The van der Waals surface area contributed by atoms with Crippen LogP contribution in [0.25, 0.3) is 15.9 Å². The fourth-order valence-electron chi connectivity index (χ4n) is 4.92. The molecular formula is C25H29N3O6S. The predicted molar refractivity (Wildman–Crippen MR) is 133 cm³/mol. The number of aromatic nitrogens is 2. The van der Waals surface area contributed by atoms with Crippen molar-refractivity contribution in [2.24, 2.45) is 0 Å². The number of benzene rings is 1. The zero-order valence-corrected chi connectivity index (χ0v) is 20.7. The van der Waals surface area contributed by atoms with Gasteiger partial charge in [-0.1, -0.05) is 0 Å². The first-order chi connectivity index (χ1) is 17.0. The summed E-state index contributed by atoms with van der Waals surface area (Å²) in [5.74, 6) is 0.588. The van der Waals surface area contributed by atoms with E-state index in [-0.39, 0.29) is 24.1 Å². The first kappa shape index (κ1) is 23.6. The van der Waals surface area contributed by atoms with E-state index in [2.05, 4.69) is 5.32 Å². The molecule has 1 saturated heterocycles. The number of amides is 1. The summed E-state index contributed by atoms with van der Waals surface area (Å²) in [5.41, 5.74) is 0.353. The fourth-order valence-corrected chi connectivity index (χ4v) is 6.29. The van der Waals surface area contributed by atoms with E-state index in [0.29, 0.717) is 40.6 Å². The van der Waals surface area contributed by atoms with Crippen LogP contribution in [0.4, 0.5) is 0 Å². The standard InChI is InChI=1S/C25H29N3O6S/c1-32-15-9-10-18(19(12-15)33-2)28-23(30)22-17-7-3-4-8-20(17)35-24(22)27(25(28)31)14-21(29)26-13-16-6-5-11-34-16/h9-10,12,16H,3-8,11,13-14H2,1-2H3,(H,26,29)/t16-/m1/s1. The number of nitrogens with zero attached hydrogens (tertiary/aromatic N) is 2. The molecule has 3 heterocycles. The number of hydrogen-bond donors (Lipinski definition) is 1. The second-order valence-electron chi connectivity index (χ2n) is 8.88. The summed E-state index contributed by atoms with van der Waals surface area (Å²) < 4.78 is 18.9. The van der Waals surface area contributed by atoms with Crippen molar-refractivity contribution < 1.29 is 19.0 Å². The van der Waals surface area contributed by atoms with Gasteiger partial charge in [0.15, 0.2) is 0 Å². The lowest BCUT2D eigenvalue weighted by Gasteiger charge is -2.16. The molecular weight excluding hydrogens is 470 g/mol. The normalized spacial score (nSPS) is 17.4. The van der Waals surface area contributed by atoms with Crippen LogP contribution in [0.3, 0.4) is 0 Å². The third kappa shape index (κ3) is 4.36. The van der Waals surface area contributed by atoms with E-state index in [4.69, 9.17) is 14.2 Å². The first-order valence-electron chi connectivity index (χ1n) is 11.9. The molecule has 0 spiro atoms. The molecule has 2 aromatic heterocycles. The monoisotopic (exact) mass is 499 g/mol. The van der Waals surface area contributed by atoms with Gasteiger partial charge in [0.2, 0.25) is 5.91 Å². The van der Waals surface area contributed by atoms with Crippen molar-refractivity contribution in [3.8, 4) is 17.2 Å². The molecule has 1 fully saturated rings. The molecule has 0 saturated carbocycles. The third-order valence-electron chi connectivity index (χ3n) is 6.72. The maximum absolute atomic E-state index is 13.8. The van der Waals surface area contributed by atoms with Crippen LogP contribution in [0.15, 0.2) is 27.8 Å². The molecule has 5 rings (SSSR count). The zero-order chi connectivity index (χ0) is 24.5. The average Bonchev–Trinajstić information content (AvgIpc) is 3.53. The number of fused-ring (bicyclic) bond motifs is 3. The van der Waals surface area contributed by atoms with Crippen molar-refractivity contribution >= 4 is 27.5 Å². The Morgan fingerprint density at radius 3 is 2.74 bits per heavy atom. The Morgan fingerprint density at radius 2 is 2.00 bits per heavy atom. The number of thiophene rings is 1. The van der Waals surface area contributed by atoms with Crippen molar-refractivity contribution in [1.29, 1.82) is 0 Å². The van der Waals surface area contributed by atoms with E-state index < -0.39 is 5.69 Å². The Bertz CT molecular complexity index is 1380. The number of rotatable bonds is 7. The minimum absolute atomic E-state index is 0.00209. The lowest BCUT2D eigenvalue weighted by atomic mass is 9.97. The van der Waals surface area contributed by atoms with Crippen molar-refractivity contribution in [3.63, 3.8) is 0 Å². The highest BCUT2D eigenvalue weighted by Gasteiger charge is 2.26. The molecule has 1 aromatic carbocycles. The molecule has 1 aliphatic carbocycles. The molecule has 0 radical (unpaired) electrons. The van der Waals surface area contributed by atoms with E-state index in [1.807, 2.05) is 0 Å². The van der Waals surface area contributed by atoms with Gasteiger partial charge in [-0.05, 0) is 56.2 Å². The van der Waals surface area contributed by atoms with Crippen molar-refractivity contribution in [2.45, 2.75) is 51.2 Å². The number of ether oxygens (including phenoxy) is 3. The van der Waals surface area contributed by atoms with Gasteiger partial charge in [-0.3, -0.25) is 14.2 Å². The van der Waals surface area contributed by atoms with Crippen molar-refractivity contribution in [3.05, 3.63) is 49.5 Å². The van der Waals surface area contributed by atoms with Crippen LogP contribution in [-0.4, -0.2) is 48.5 Å². The maximum Gasteiger partial charge on any atom is 0.337 e. The summed E-state index contributed by atoms with van der Waals surface area (Å²) >= 11 is 1.45. The lowest BCUT2D eigenvalue weighted by molar-refractivity contribution is -0.122. The smallest absolute Gasteiger partial charge is 0.337 e. The molecule has 3 aromatic rings. The Kier molecular flexibility index (Phi) is 6.66. The highest BCUT2D eigenvalue weighted by atomic mass is 32.1. The number of hydrogen-bond acceptors (Lipinski definition) is 7. The van der Waals surface area contributed by atoms with Gasteiger partial charge < -0.3 is 19.5 Å². The summed E-state index contributed by atoms with van der Waals surface area (Å²) in [4.78, 5) is 42.1. The summed E-state index contributed by atoms with van der Waals surface area (Å²) in [6.07, 6.45) is 5.59. The number of carbonyl (C=O) groups is 1. The van der Waals surface area contributed by atoms with Gasteiger partial charge in [0.1, 0.15) is 22.9 Å². The highest BCUT2D eigenvalue weighted by molar-refractivity contribution is 7.18. The molecule has 0 unspecified atom stereocenters. The second kappa shape index (κ2) is 9.87. The van der Waals surface area contributed by atoms with Gasteiger partial charge in [0.25, 0.3) is 5.56 Å². The van der Waals surface area contributed by atoms with Crippen LogP contribution >= 0.6 is 11.3 Å². The molecule has 2 aliphatic rings. The Morgan fingerprint density at radius 1 is 1.17 bits per heavy atom. The maximum atomic E-state index is 13.8. The average molecular weight is 500 g/mol. The minimum atomic E-state index is -0.572. The lowest BCUT2D eigenvalue weighted by Crippen LogP contribution is -2.42. The van der Waals surface area contributed by atoms with Crippen molar-refractivity contribution in [1.82, 2.24) is 14.5 Å². The van der Waals surface area contributed by atoms with E-state index in [0.717, 1.165) is 53.5 Å². The van der Waals surface area contributed by atoms with Crippen LogP contribution in [0.1, 0.15) is 36.1 Å². The molecule has 1 atom stereocenters. The number of carbonyl (C=O) groups excluding carboxylic acids is 1. The number of aryl methyl sites for hydroxylation is 2. The number of methoxy groups -OCH3 is 2. The molecule has 1 aliphatic heterocycles. The summed E-state index contributed by atoms with van der Waals surface area (Å²) in [6.45, 7) is 0.930. The quantitative estimate of drug-likeness (QED) is 0.536. The van der Waals surface area contributed by atoms with Gasteiger partial charge in [-0.25, -0.2) is 9.36 Å². The number of nitrogens with one attached hydrogen (secondary N) is 1. The molecule has 186 valence electrons. The Labute approximate surface area is 206 Å².